The summed E-state index contributed by atoms with van der Waals surface area (Å²) in [6.07, 6.45) is 0.996. The van der Waals surface area contributed by atoms with E-state index in [1.807, 2.05) is 13.8 Å². The standard InChI is InChI=1S/C8H17NO2/c1-8(2)10-5-7(3-4-9)6-11-8/h7H,3-6,9H2,1-2H3. The number of ether oxygens (including phenoxy) is 2. The Kier molecular flexibility index (Phi) is 2.87. The van der Waals surface area contributed by atoms with Crippen LogP contribution in [0.3, 0.4) is 0 Å². The highest BCUT2D eigenvalue weighted by Crippen LogP contribution is 2.21. The molecule has 1 aliphatic heterocycles. The summed E-state index contributed by atoms with van der Waals surface area (Å²) in [6.45, 7) is 6.16. The molecule has 1 saturated heterocycles. The molecule has 1 heterocycles. The molecular formula is C8H17NO2. The van der Waals surface area contributed by atoms with Gasteiger partial charge in [0.05, 0.1) is 13.2 Å². The molecule has 0 bridgehead atoms. The average Bonchev–Trinajstić information content (AvgIpc) is 1.94. The van der Waals surface area contributed by atoms with Gasteiger partial charge < -0.3 is 15.2 Å². The van der Waals surface area contributed by atoms with Crippen molar-refractivity contribution in [3.05, 3.63) is 0 Å². The average molecular weight is 159 g/mol. The first kappa shape index (κ1) is 8.97. The van der Waals surface area contributed by atoms with E-state index in [-0.39, 0.29) is 5.79 Å². The summed E-state index contributed by atoms with van der Waals surface area (Å²) in [4.78, 5) is 0. The molecule has 0 aromatic carbocycles. The summed E-state index contributed by atoms with van der Waals surface area (Å²) in [5.74, 6) is 0.110. The van der Waals surface area contributed by atoms with Gasteiger partial charge in [-0.25, -0.2) is 0 Å². The van der Waals surface area contributed by atoms with Crippen molar-refractivity contribution in [2.45, 2.75) is 26.1 Å². The van der Waals surface area contributed by atoms with Gasteiger partial charge >= 0.3 is 0 Å². The third-order valence-corrected chi connectivity index (χ3v) is 1.91. The van der Waals surface area contributed by atoms with Crippen molar-refractivity contribution in [2.24, 2.45) is 11.7 Å². The normalized spacial score (nSPS) is 25.4. The van der Waals surface area contributed by atoms with Crippen molar-refractivity contribution in [2.75, 3.05) is 19.8 Å². The van der Waals surface area contributed by atoms with Gasteiger partial charge in [-0.1, -0.05) is 0 Å². The molecule has 2 N–H and O–H groups in total. The van der Waals surface area contributed by atoms with E-state index >= 15 is 0 Å². The van der Waals surface area contributed by atoms with Gasteiger partial charge in [0.1, 0.15) is 0 Å². The highest BCUT2D eigenvalue weighted by atomic mass is 16.7. The maximum atomic E-state index is 5.45. The molecule has 0 saturated carbocycles. The Bertz CT molecular complexity index is 115. The number of hydrogen-bond acceptors (Lipinski definition) is 3. The Labute approximate surface area is 67.9 Å². The zero-order valence-corrected chi connectivity index (χ0v) is 7.30. The van der Waals surface area contributed by atoms with Crippen LogP contribution in [0.25, 0.3) is 0 Å². The van der Waals surface area contributed by atoms with Crippen molar-refractivity contribution in [3.8, 4) is 0 Å². The Hall–Kier alpha value is -0.120. The molecule has 0 spiro atoms. The fourth-order valence-electron chi connectivity index (χ4n) is 1.13. The molecule has 0 atom stereocenters. The van der Waals surface area contributed by atoms with Gasteiger partial charge in [0, 0.05) is 5.92 Å². The highest BCUT2D eigenvalue weighted by molar-refractivity contribution is 4.67. The van der Waals surface area contributed by atoms with Gasteiger partial charge in [-0.05, 0) is 26.8 Å². The van der Waals surface area contributed by atoms with Gasteiger partial charge in [-0.3, -0.25) is 0 Å². The number of nitrogens with two attached hydrogens (primary N) is 1. The van der Waals surface area contributed by atoms with Crippen LogP contribution >= 0.6 is 0 Å². The molecule has 3 heteroatoms. The van der Waals surface area contributed by atoms with Gasteiger partial charge in [-0.15, -0.1) is 0 Å². The van der Waals surface area contributed by atoms with Crippen LogP contribution in [0.2, 0.25) is 0 Å². The summed E-state index contributed by atoms with van der Waals surface area (Å²) in [7, 11) is 0. The molecule has 0 radical (unpaired) electrons. The second-order valence-electron chi connectivity index (χ2n) is 3.47. The van der Waals surface area contributed by atoms with Crippen LogP contribution in [0.4, 0.5) is 0 Å². The number of hydrogen-bond donors (Lipinski definition) is 1. The molecule has 0 aliphatic carbocycles. The fraction of sp³-hybridized carbons (Fsp3) is 1.00. The molecule has 0 aromatic rings. The Morgan fingerprint density at radius 1 is 1.36 bits per heavy atom. The summed E-state index contributed by atoms with van der Waals surface area (Å²) in [6, 6.07) is 0. The highest BCUT2D eigenvalue weighted by Gasteiger charge is 2.27. The number of rotatable bonds is 2. The third-order valence-electron chi connectivity index (χ3n) is 1.91. The van der Waals surface area contributed by atoms with Crippen molar-refractivity contribution < 1.29 is 9.47 Å². The summed E-state index contributed by atoms with van der Waals surface area (Å²) >= 11 is 0. The molecule has 0 aromatic heterocycles. The summed E-state index contributed by atoms with van der Waals surface area (Å²) in [5.41, 5.74) is 5.42. The molecule has 0 unspecified atom stereocenters. The predicted octanol–water partition coefficient (Wildman–Crippen LogP) is 0.734. The van der Waals surface area contributed by atoms with Crippen LogP contribution in [0.5, 0.6) is 0 Å². The summed E-state index contributed by atoms with van der Waals surface area (Å²) < 4.78 is 10.9. The van der Waals surface area contributed by atoms with Crippen LogP contribution in [0.1, 0.15) is 20.3 Å². The van der Waals surface area contributed by atoms with Crippen molar-refractivity contribution in [3.63, 3.8) is 0 Å². The zero-order valence-electron chi connectivity index (χ0n) is 7.30. The minimum atomic E-state index is -0.384. The van der Waals surface area contributed by atoms with Crippen LogP contribution in [0.15, 0.2) is 0 Å². The Balaban J connectivity index is 2.25. The van der Waals surface area contributed by atoms with E-state index in [1.165, 1.54) is 0 Å². The second kappa shape index (κ2) is 3.52. The largest absolute Gasteiger partial charge is 0.350 e. The zero-order chi connectivity index (χ0) is 8.32. The lowest BCUT2D eigenvalue weighted by Crippen LogP contribution is -2.39. The quantitative estimate of drug-likeness (QED) is 0.646. The monoisotopic (exact) mass is 159 g/mol. The minimum Gasteiger partial charge on any atom is -0.350 e. The molecule has 3 nitrogen and oxygen atoms in total. The van der Waals surface area contributed by atoms with E-state index < -0.39 is 0 Å². The van der Waals surface area contributed by atoms with Gasteiger partial charge in [-0.2, -0.15) is 0 Å². The molecule has 1 rings (SSSR count). The molecule has 1 fully saturated rings. The Morgan fingerprint density at radius 3 is 2.36 bits per heavy atom. The lowest BCUT2D eigenvalue weighted by molar-refractivity contribution is -0.262. The van der Waals surface area contributed by atoms with Gasteiger partial charge in [0.25, 0.3) is 0 Å². The fourth-order valence-corrected chi connectivity index (χ4v) is 1.13. The van der Waals surface area contributed by atoms with Crippen LogP contribution in [0, 0.1) is 5.92 Å². The topological polar surface area (TPSA) is 44.5 Å². The van der Waals surface area contributed by atoms with Crippen molar-refractivity contribution in [1.29, 1.82) is 0 Å². The van der Waals surface area contributed by atoms with Crippen LogP contribution < -0.4 is 5.73 Å². The first-order chi connectivity index (χ1) is 5.14. The molecule has 66 valence electrons. The molecule has 11 heavy (non-hydrogen) atoms. The van der Waals surface area contributed by atoms with E-state index in [0.717, 1.165) is 26.2 Å². The van der Waals surface area contributed by atoms with Crippen molar-refractivity contribution >= 4 is 0 Å². The minimum absolute atomic E-state index is 0.384. The SMILES string of the molecule is CC1(C)OCC(CCN)CO1. The maximum Gasteiger partial charge on any atom is 0.162 e. The third kappa shape index (κ3) is 2.77. The van der Waals surface area contributed by atoms with E-state index in [9.17, 15) is 0 Å². The molecule has 0 amide bonds. The smallest absolute Gasteiger partial charge is 0.162 e. The van der Waals surface area contributed by atoms with E-state index in [2.05, 4.69) is 0 Å². The van der Waals surface area contributed by atoms with Crippen LogP contribution in [-0.2, 0) is 9.47 Å². The van der Waals surface area contributed by atoms with E-state index in [1.54, 1.807) is 0 Å². The lowest BCUT2D eigenvalue weighted by Gasteiger charge is -2.34. The Morgan fingerprint density at radius 2 is 1.91 bits per heavy atom. The van der Waals surface area contributed by atoms with Crippen LogP contribution in [-0.4, -0.2) is 25.5 Å². The molecular weight excluding hydrogens is 142 g/mol. The van der Waals surface area contributed by atoms with E-state index in [0.29, 0.717) is 5.92 Å². The van der Waals surface area contributed by atoms with Crippen molar-refractivity contribution in [1.82, 2.24) is 0 Å². The van der Waals surface area contributed by atoms with E-state index in [4.69, 9.17) is 15.2 Å². The predicted molar refractivity (Wildman–Crippen MR) is 43.1 cm³/mol. The maximum absolute atomic E-state index is 5.45. The van der Waals surface area contributed by atoms with Gasteiger partial charge in [0.2, 0.25) is 0 Å². The van der Waals surface area contributed by atoms with Gasteiger partial charge in [0.15, 0.2) is 5.79 Å². The summed E-state index contributed by atoms with van der Waals surface area (Å²) in [5, 5.41) is 0. The first-order valence-electron chi connectivity index (χ1n) is 4.12. The second-order valence-corrected chi connectivity index (χ2v) is 3.47. The molecule has 1 aliphatic rings. The lowest BCUT2D eigenvalue weighted by atomic mass is 10.1. The first-order valence-corrected chi connectivity index (χ1v) is 4.12.